The molecule has 0 aromatic heterocycles. The molecule has 0 unspecified atom stereocenters. The first-order chi connectivity index (χ1) is 12.6. The minimum atomic E-state index is -0.219. The van der Waals surface area contributed by atoms with Crippen LogP contribution in [0.2, 0.25) is 0 Å². The van der Waals surface area contributed by atoms with E-state index in [2.05, 4.69) is 0 Å². The Morgan fingerprint density at radius 3 is 2.46 bits per heavy atom. The first kappa shape index (κ1) is 15.8. The normalized spacial score (nSPS) is 10.9. The first-order valence-corrected chi connectivity index (χ1v) is 7.85. The van der Waals surface area contributed by atoms with Crippen LogP contribution >= 0.6 is 0 Å². The molecule has 0 atom stereocenters. The molecule has 0 radical (unpaired) electrons. The number of rotatable bonds is 3. The summed E-state index contributed by atoms with van der Waals surface area (Å²) in [5.41, 5.74) is 2.83. The van der Waals surface area contributed by atoms with E-state index in [1.807, 2.05) is 0 Å². The summed E-state index contributed by atoms with van der Waals surface area (Å²) in [6.07, 6.45) is 1.42. The standard InChI is InChI=1S/C21H12O5/c22-10-12-1-2-13(11-23)18(7-12)21-16-5-3-14(24)8-19(16)26-20-9-15(25)4-6-17(20)21/h1-11,24H. The van der Waals surface area contributed by atoms with Crippen LogP contribution in [0.3, 0.4) is 0 Å². The molecule has 2 aromatic rings. The topological polar surface area (TPSA) is 84.6 Å². The number of aromatic hydroxyl groups is 1. The van der Waals surface area contributed by atoms with Crippen molar-refractivity contribution in [1.82, 2.24) is 0 Å². The molecule has 4 rings (SSSR count). The Morgan fingerprint density at radius 2 is 1.69 bits per heavy atom. The number of carbonyl (C=O) groups is 2. The van der Waals surface area contributed by atoms with Gasteiger partial charge in [0.05, 0.1) is 0 Å². The van der Waals surface area contributed by atoms with Gasteiger partial charge in [0.1, 0.15) is 23.4 Å². The number of phenols is 1. The minimum absolute atomic E-state index is 0.0158. The van der Waals surface area contributed by atoms with Crippen LogP contribution in [0.15, 0.2) is 63.8 Å². The second-order valence-corrected chi connectivity index (χ2v) is 5.90. The molecule has 0 amide bonds. The fourth-order valence-corrected chi connectivity index (χ4v) is 3.12. The maximum absolute atomic E-state index is 11.7. The molecule has 0 saturated carbocycles. The average Bonchev–Trinajstić information content (AvgIpc) is 2.65. The molecule has 5 nitrogen and oxygen atoms in total. The zero-order valence-electron chi connectivity index (χ0n) is 13.4. The van der Waals surface area contributed by atoms with Gasteiger partial charge in [0.15, 0.2) is 11.7 Å². The lowest BCUT2D eigenvalue weighted by Gasteiger charge is -2.16. The lowest BCUT2D eigenvalue weighted by Crippen LogP contribution is -2.01. The molecule has 126 valence electrons. The van der Waals surface area contributed by atoms with E-state index < -0.39 is 0 Å². The number of benzene rings is 3. The second-order valence-electron chi connectivity index (χ2n) is 5.90. The summed E-state index contributed by atoms with van der Waals surface area (Å²) in [7, 11) is 0. The van der Waals surface area contributed by atoms with Crippen molar-refractivity contribution in [3.05, 3.63) is 75.9 Å². The zero-order chi connectivity index (χ0) is 18.3. The van der Waals surface area contributed by atoms with Crippen molar-refractivity contribution in [2.45, 2.75) is 0 Å². The molecule has 1 heterocycles. The summed E-state index contributed by atoms with van der Waals surface area (Å²) in [6, 6.07) is 13.8. The van der Waals surface area contributed by atoms with E-state index in [1.54, 1.807) is 30.3 Å². The lowest BCUT2D eigenvalue weighted by atomic mass is 9.90. The molecule has 2 aliphatic rings. The van der Waals surface area contributed by atoms with Crippen molar-refractivity contribution < 1.29 is 19.1 Å². The zero-order valence-corrected chi connectivity index (χ0v) is 13.4. The Labute approximate surface area is 147 Å². The van der Waals surface area contributed by atoms with Crippen molar-refractivity contribution in [3.8, 4) is 28.2 Å². The minimum Gasteiger partial charge on any atom is -0.508 e. The molecule has 1 N–H and O–H groups in total. The summed E-state index contributed by atoms with van der Waals surface area (Å²) in [4.78, 5) is 34.5. The number of hydrogen-bond acceptors (Lipinski definition) is 5. The van der Waals surface area contributed by atoms with Crippen LogP contribution in [-0.4, -0.2) is 17.7 Å². The molecule has 0 spiro atoms. The largest absolute Gasteiger partial charge is 0.508 e. The molecule has 1 aliphatic carbocycles. The van der Waals surface area contributed by atoms with Gasteiger partial charge in [0, 0.05) is 39.8 Å². The summed E-state index contributed by atoms with van der Waals surface area (Å²) in [5, 5.41) is 10.4. The van der Waals surface area contributed by atoms with Crippen LogP contribution in [0.1, 0.15) is 20.7 Å². The van der Waals surface area contributed by atoms with Gasteiger partial charge in [-0.1, -0.05) is 12.1 Å². The van der Waals surface area contributed by atoms with Crippen molar-refractivity contribution in [1.29, 1.82) is 0 Å². The quantitative estimate of drug-likeness (QED) is 0.450. The van der Waals surface area contributed by atoms with Gasteiger partial charge in [-0.3, -0.25) is 14.4 Å². The number of phenolic OH excluding ortho intramolecular Hbond substituents is 1. The summed E-state index contributed by atoms with van der Waals surface area (Å²) in [6.45, 7) is 0. The van der Waals surface area contributed by atoms with E-state index in [1.165, 1.54) is 24.3 Å². The molecule has 0 saturated heterocycles. The van der Waals surface area contributed by atoms with Gasteiger partial charge in [0.25, 0.3) is 0 Å². The van der Waals surface area contributed by atoms with Crippen LogP contribution in [0.5, 0.6) is 5.75 Å². The number of aldehydes is 2. The third-order valence-corrected chi connectivity index (χ3v) is 4.29. The third-order valence-electron chi connectivity index (χ3n) is 4.29. The van der Waals surface area contributed by atoms with Crippen LogP contribution in [0.25, 0.3) is 33.4 Å². The molecule has 0 fully saturated rings. The van der Waals surface area contributed by atoms with Crippen molar-refractivity contribution in [3.63, 3.8) is 0 Å². The fourth-order valence-electron chi connectivity index (χ4n) is 3.12. The van der Waals surface area contributed by atoms with Gasteiger partial charge in [-0.05, 0) is 35.9 Å². The Kier molecular flexibility index (Phi) is 3.62. The highest BCUT2D eigenvalue weighted by Crippen LogP contribution is 2.41. The van der Waals surface area contributed by atoms with Crippen LogP contribution in [0.4, 0.5) is 0 Å². The maximum Gasteiger partial charge on any atom is 0.182 e. The predicted molar refractivity (Wildman–Crippen MR) is 97.0 cm³/mol. The summed E-state index contributed by atoms with van der Waals surface area (Å²) >= 11 is 0. The van der Waals surface area contributed by atoms with Crippen molar-refractivity contribution >= 4 is 23.5 Å². The summed E-state index contributed by atoms with van der Waals surface area (Å²) in [5.74, 6) is 0.348. The van der Waals surface area contributed by atoms with E-state index >= 15 is 0 Å². The molecule has 1 aliphatic heterocycles. The number of hydrogen-bond donors (Lipinski definition) is 1. The van der Waals surface area contributed by atoms with Crippen LogP contribution in [-0.2, 0) is 0 Å². The van der Waals surface area contributed by atoms with Crippen LogP contribution in [0, 0.1) is 0 Å². The second kappa shape index (κ2) is 5.97. The first-order valence-electron chi connectivity index (χ1n) is 7.85. The van der Waals surface area contributed by atoms with Crippen molar-refractivity contribution in [2.75, 3.05) is 0 Å². The predicted octanol–water partition coefficient (Wildman–Crippen LogP) is 3.90. The Bertz CT molecular complexity index is 1200. The highest BCUT2D eigenvalue weighted by Gasteiger charge is 2.20. The van der Waals surface area contributed by atoms with Gasteiger partial charge in [-0.15, -0.1) is 0 Å². The van der Waals surface area contributed by atoms with E-state index in [0.717, 1.165) is 0 Å². The molecule has 5 heteroatoms. The SMILES string of the molecule is O=Cc1ccc(C=O)c(-c2c3ccc(=O)cc-3oc3cc(O)ccc23)c1. The molecule has 26 heavy (non-hydrogen) atoms. The number of carbonyl (C=O) groups excluding carboxylic acids is 2. The monoisotopic (exact) mass is 344 g/mol. The Balaban J connectivity index is 2.22. The Hall–Kier alpha value is -3.73. The van der Waals surface area contributed by atoms with E-state index in [-0.39, 0.29) is 11.2 Å². The van der Waals surface area contributed by atoms with Gasteiger partial charge >= 0.3 is 0 Å². The van der Waals surface area contributed by atoms with Crippen LogP contribution < -0.4 is 5.43 Å². The van der Waals surface area contributed by atoms with Crippen molar-refractivity contribution in [2.24, 2.45) is 0 Å². The lowest BCUT2D eigenvalue weighted by molar-refractivity contribution is 0.111. The molecule has 2 aromatic carbocycles. The highest BCUT2D eigenvalue weighted by atomic mass is 16.3. The van der Waals surface area contributed by atoms with E-state index in [4.69, 9.17) is 4.42 Å². The molecular weight excluding hydrogens is 332 g/mol. The van der Waals surface area contributed by atoms with Gasteiger partial charge in [0.2, 0.25) is 0 Å². The van der Waals surface area contributed by atoms with E-state index in [0.29, 0.717) is 57.1 Å². The van der Waals surface area contributed by atoms with Gasteiger partial charge < -0.3 is 9.52 Å². The maximum atomic E-state index is 11.7. The molecule has 0 bridgehead atoms. The van der Waals surface area contributed by atoms with Gasteiger partial charge in [-0.25, -0.2) is 0 Å². The van der Waals surface area contributed by atoms with E-state index in [9.17, 15) is 19.5 Å². The fraction of sp³-hybridized carbons (Fsp3) is 0. The smallest absolute Gasteiger partial charge is 0.182 e. The molecular formula is C21H12O5. The Morgan fingerprint density at radius 1 is 0.846 bits per heavy atom. The summed E-state index contributed by atoms with van der Waals surface area (Å²) < 4.78 is 5.78. The number of fused-ring (bicyclic) bond motifs is 2. The van der Waals surface area contributed by atoms with Gasteiger partial charge in [-0.2, -0.15) is 0 Å². The highest BCUT2D eigenvalue weighted by molar-refractivity contribution is 6.06. The third kappa shape index (κ3) is 2.46. The average molecular weight is 344 g/mol.